The number of anilines is 2. The highest BCUT2D eigenvalue weighted by molar-refractivity contribution is 6.35. The maximum absolute atomic E-state index is 12.6. The van der Waals surface area contributed by atoms with Crippen LogP contribution in [0.25, 0.3) is 11.0 Å². The van der Waals surface area contributed by atoms with E-state index in [1.807, 2.05) is 25.1 Å². The number of carbonyl (C=O) groups is 2. The second-order valence-electron chi connectivity index (χ2n) is 7.04. The Kier molecular flexibility index (Phi) is 6.35. The van der Waals surface area contributed by atoms with Gasteiger partial charge in [0.15, 0.2) is 12.4 Å². The maximum Gasteiger partial charge on any atom is 0.291 e. The molecule has 0 aliphatic rings. The molecular weight excluding hydrogens is 451 g/mol. The van der Waals surface area contributed by atoms with E-state index in [9.17, 15) is 9.59 Å². The van der Waals surface area contributed by atoms with Crippen molar-refractivity contribution in [3.8, 4) is 5.75 Å². The van der Waals surface area contributed by atoms with Crippen LogP contribution in [0.2, 0.25) is 10.0 Å². The SMILES string of the molecule is Cc1cc(NC(=O)COc2ccc(Cl)cc2Cl)ccc1NC(=O)c1cc2ccccc2o1. The molecule has 0 aliphatic carbocycles. The Balaban J connectivity index is 1.37. The van der Waals surface area contributed by atoms with E-state index >= 15 is 0 Å². The van der Waals surface area contributed by atoms with Crippen LogP contribution in [-0.4, -0.2) is 18.4 Å². The third-order valence-electron chi connectivity index (χ3n) is 4.66. The number of fused-ring (bicyclic) bond motifs is 1. The number of para-hydroxylation sites is 1. The molecule has 3 aromatic carbocycles. The standard InChI is InChI=1S/C24H18Cl2N2O4/c1-14-10-17(27-23(29)13-31-21-9-6-16(25)12-18(21)26)7-8-19(14)28-24(30)22-11-15-4-2-3-5-20(15)32-22/h2-12H,13H2,1H3,(H,27,29)(H,28,30). The summed E-state index contributed by atoms with van der Waals surface area (Å²) >= 11 is 11.9. The lowest BCUT2D eigenvalue weighted by Crippen LogP contribution is -2.20. The molecule has 8 heteroatoms. The van der Waals surface area contributed by atoms with Crippen molar-refractivity contribution in [2.45, 2.75) is 6.92 Å². The number of aryl methyl sites for hydroxylation is 1. The topological polar surface area (TPSA) is 80.6 Å². The zero-order chi connectivity index (χ0) is 22.7. The molecule has 162 valence electrons. The lowest BCUT2D eigenvalue weighted by Gasteiger charge is -2.11. The largest absolute Gasteiger partial charge is 0.482 e. The van der Waals surface area contributed by atoms with Crippen LogP contribution in [0.1, 0.15) is 16.1 Å². The van der Waals surface area contributed by atoms with Crippen molar-refractivity contribution in [2.24, 2.45) is 0 Å². The van der Waals surface area contributed by atoms with Crippen molar-refractivity contribution in [3.05, 3.63) is 88.1 Å². The Morgan fingerprint density at radius 1 is 0.969 bits per heavy atom. The molecule has 0 unspecified atom stereocenters. The monoisotopic (exact) mass is 468 g/mol. The molecule has 0 saturated carbocycles. The zero-order valence-electron chi connectivity index (χ0n) is 16.9. The summed E-state index contributed by atoms with van der Waals surface area (Å²) in [4.78, 5) is 24.8. The van der Waals surface area contributed by atoms with Gasteiger partial charge in [-0.05, 0) is 61.0 Å². The fraction of sp³-hybridized carbons (Fsp3) is 0.0833. The predicted octanol–water partition coefficient (Wildman–Crippen LogP) is 6.32. The fourth-order valence-electron chi connectivity index (χ4n) is 3.09. The highest BCUT2D eigenvalue weighted by atomic mass is 35.5. The van der Waals surface area contributed by atoms with Gasteiger partial charge in [0.25, 0.3) is 11.8 Å². The molecule has 2 N–H and O–H groups in total. The third-order valence-corrected chi connectivity index (χ3v) is 5.19. The number of hydrogen-bond donors (Lipinski definition) is 2. The van der Waals surface area contributed by atoms with Gasteiger partial charge in [0.1, 0.15) is 11.3 Å². The summed E-state index contributed by atoms with van der Waals surface area (Å²) in [6.07, 6.45) is 0. The Hall–Kier alpha value is -3.48. The van der Waals surface area contributed by atoms with E-state index in [-0.39, 0.29) is 24.2 Å². The van der Waals surface area contributed by atoms with Gasteiger partial charge in [-0.15, -0.1) is 0 Å². The Bertz CT molecular complexity index is 1280. The van der Waals surface area contributed by atoms with Crippen LogP contribution in [0.5, 0.6) is 5.75 Å². The van der Waals surface area contributed by atoms with Gasteiger partial charge in [-0.3, -0.25) is 9.59 Å². The summed E-state index contributed by atoms with van der Waals surface area (Å²) in [7, 11) is 0. The summed E-state index contributed by atoms with van der Waals surface area (Å²) in [6.45, 7) is 1.61. The second-order valence-corrected chi connectivity index (χ2v) is 7.89. The van der Waals surface area contributed by atoms with Gasteiger partial charge in [0.2, 0.25) is 0 Å². The number of carbonyl (C=O) groups excluding carboxylic acids is 2. The first kappa shape index (κ1) is 21.7. The molecule has 0 atom stereocenters. The first-order valence-electron chi connectivity index (χ1n) is 9.67. The molecule has 0 aliphatic heterocycles. The number of rotatable bonds is 6. The summed E-state index contributed by atoms with van der Waals surface area (Å²) in [5, 5.41) is 7.24. The summed E-state index contributed by atoms with van der Waals surface area (Å²) < 4.78 is 11.0. The van der Waals surface area contributed by atoms with Crippen molar-refractivity contribution in [1.82, 2.24) is 0 Å². The van der Waals surface area contributed by atoms with Crippen molar-refractivity contribution < 1.29 is 18.7 Å². The molecule has 0 spiro atoms. The minimum Gasteiger partial charge on any atom is -0.482 e. The van der Waals surface area contributed by atoms with Crippen LogP contribution in [-0.2, 0) is 4.79 Å². The van der Waals surface area contributed by atoms with E-state index < -0.39 is 0 Å². The van der Waals surface area contributed by atoms with Crippen LogP contribution < -0.4 is 15.4 Å². The zero-order valence-corrected chi connectivity index (χ0v) is 18.5. The highest BCUT2D eigenvalue weighted by Gasteiger charge is 2.14. The number of benzene rings is 3. The first-order chi connectivity index (χ1) is 15.4. The average molecular weight is 469 g/mol. The van der Waals surface area contributed by atoms with E-state index in [0.717, 1.165) is 10.9 Å². The quantitative estimate of drug-likeness (QED) is 0.347. The molecule has 6 nitrogen and oxygen atoms in total. The number of amides is 2. The summed E-state index contributed by atoms with van der Waals surface area (Å²) in [5.41, 5.74) is 2.60. The van der Waals surface area contributed by atoms with Gasteiger partial charge < -0.3 is 19.8 Å². The molecule has 0 saturated heterocycles. The van der Waals surface area contributed by atoms with Gasteiger partial charge >= 0.3 is 0 Å². The summed E-state index contributed by atoms with van der Waals surface area (Å²) in [5.74, 6) is -0.115. The first-order valence-corrected chi connectivity index (χ1v) is 10.4. The molecule has 4 rings (SSSR count). The Labute approximate surface area is 194 Å². The van der Waals surface area contributed by atoms with Gasteiger partial charge in [-0.25, -0.2) is 0 Å². The molecule has 0 radical (unpaired) electrons. The molecule has 2 amide bonds. The van der Waals surface area contributed by atoms with Crippen LogP contribution in [0.15, 0.2) is 71.1 Å². The minimum absolute atomic E-state index is 0.217. The molecule has 1 aromatic heterocycles. The molecule has 1 heterocycles. The van der Waals surface area contributed by atoms with Gasteiger partial charge in [0, 0.05) is 21.8 Å². The Morgan fingerprint density at radius 3 is 2.53 bits per heavy atom. The maximum atomic E-state index is 12.6. The van der Waals surface area contributed by atoms with Crippen LogP contribution in [0, 0.1) is 6.92 Å². The Morgan fingerprint density at radius 2 is 1.78 bits per heavy atom. The van der Waals surface area contributed by atoms with Crippen LogP contribution in [0.3, 0.4) is 0 Å². The third kappa shape index (κ3) is 5.04. The minimum atomic E-state index is -0.352. The van der Waals surface area contributed by atoms with E-state index in [0.29, 0.717) is 32.8 Å². The van der Waals surface area contributed by atoms with Crippen molar-refractivity contribution in [3.63, 3.8) is 0 Å². The van der Waals surface area contributed by atoms with Crippen molar-refractivity contribution in [2.75, 3.05) is 17.2 Å². The van der Waals surface area contributed by atoms with E-state index in [1.54, 1.807) is 42.5 Å². The lowest BCUT2D eigenvalue weighted by atomic mass is 10.1. The van der Waals surface area contributed by atoms with E-state index in [1.165, 1.54) is 6.07 Å². The summed E-state index contributed by atoms with van der Waals surface area (Å²) in [6, 6.07) is 19.0. The number of furan rings is 1. The average Bonchev–Trinajstić information content (AvgIpc) is 3.19. The van der Waals surface area contributed by atoms with Gasteiger partial charge in [-0.2, -0.15) is 0 Å². The highest BCUT2D eigenvalue weighted by Crippen LogP contribution is 2.27. The molecular formula is C24H18Cl2N2O4. The lowest BCUT2D eigenvalue weighted by molar-refractivity contribution is -0.118. The van der Waals surface area contributed by atoms with Crippen LogP contribution >= 0.6 is 23.2 Å². The molecule has 0 bridgehead atoms. The van der Waals surface area contributed by atoms with Crippen molar-refractivity contribution in [1.29, 1.82) is 0 Å². The fourth-order valence-corrected chi connectivity index (χ4v) is 3.56. The number of nitrogens with one attached hydrogen (secondary N) is 2. The number of halogens is 2. The van der Waals surface area contributed by atoms with Gasteiger partial charge in [-0.1, -0.05) is 41.4 Å². The molecule has 4 aromatic rings. The predicted molar refractivity (Wildman–Crippen MR) is 126 cm³/mol. The molecule has 0 fully saturated rings. The normalized spacial score (nSPS) is 10.7. The van der Waals surface area contributed by atoms with Gasteiger partial charge in [0.05, 0.1) is 5.02 Å². The smallest absolute Gasteiger partial charge is 0.291 e. The van der Waals surface area contributed by atoms with E-state index in [2.05, 4.69) is 10.6 Å². The van der Waals surface area contributed by atoms with E-state index in [4.69, 9.17) is 32.4 Å². The van der Waals surface area contributed by atoms with Crippen molar-refractivity contribution >= 4 is 57.4 Å². The van der Waals surface area contributed by atoms with Crippen LogP contribution in [0.4, 0.5) is 11.4 Å². The number of hydrogen-bond acceptors (Lipinski definition) is 4. The molecule has 32 heavy (non-hydrogen) atoms. The second kappa shape index (κ2) is 9.34. The number of ether oxygens (including phenoxy) is 1.